The van der Waals surface area contributed by atoms with Crippen LogP contribution in [0.2, 0.25) is 5.02 Å². The Morgan fingerprint density at radius 2 is 1.68 bits per heavy atom. The van der Waals surface area contributed by atoms with Crippen molar-refractivity contribution in [1.29, 1.82) is 0 Å². The lowest BCUT2D eigenvalue weighted by Crippen LogP contribution is -2.18. The second-order valence-electron chi connectivity index (χ2n) is 4.67. The first-order valence-corrected chi connectivity index (χ1v) is 6.74. The van der Waals surface area contributed by atoms with Crippen LogP contribution < -0.4 is 10.5 Å². The lowest BCUT2D eigenvalue weighted by atomic mass is 10.1. The van der Waals surface area contributed by atoms with Crippen LogP contribution in [0.25, 0.3) is 0 Å². The quantitative estimate of drug-likeness (QED) is 0.901. The third kappa shape index (κ3) is 3.98. The van der Waals surface area contributed by atoms with Crippen LogP contribution in [-0.2, 0) is 13.0 Å². The third-order valence-corrected chi connectivity index (χ3v) is 3.22. The number of hydrogen-bond acceptors (Lipinski definition) is 2. The van der Waals surface area contributed by atoms with Gasteiger partial charge in [0, 0.05) is 16.6 Å². The van der Waals surface area contributed by atoms with Gasteiger partial charge in [-0.1, -0.05) is 48.0 Å². The molecule has 0 heterocycles. The minimum atomic E-state index is 0.116. The van der Waals surface area contributed by atoms with Crippen LogP contribution in [0.15, 0.2) is 48.5 Å². The molecule has 1 atom stereocenters. The van der Waals surface area contributed by atoms with E-state index in [1.807, 2.05) is 55.5 Å². The standard InChI is InChI=1S/C16H18ClNO/c1-12(18)10-13-6-3-5-9-16(13)19-11-14-7-2-4-8-15(14)17/h2-9,12H,10-11,18H2,1H3. The molecule has 0 fully saturated rings. The number of ether oxygens (including phenoxy) is 1. The van der Waals surface area contributed by atoms with Gasteiger partial charge in [-0.2, -0.15) is 0 Å². The van der Waals surface area contributed by atoms with E-state index in [9.17, 15) is 0 Å². The van der Waals surface area contributed by atoms with E-state index >= 15 is 0 Å². The Morgan fingerprint density at radius 3 is 2.37 bits per heavy atom. The SMILES string of the molecule is CC(N)Cc1ccccc1OCc1ccccc1Cl. The topological polar surface area (TPSA) is 35.2 Å². The van der Waals surface area contributed by atoms with E-state index in [1.54, 1.807) is 0 Å². The molecule has 2 aromatic rings. The van der Waals surface area contributed by atoms with Crippen molar-refractivity contribution in [2.45, 2.75) is 26.0 Å². The maximum Gasteiger partial charge on any atom is 0.123 e. The largest absolute Gasteiger partial charge is 0.489 e. The number of halogens is 1. The predicted molar refractivity (Wildman–Crippen MR) is 79.6 cm³/mol. The van der Waals surface area contributed by atoms with Crippen molar-refractivity contribution >= 4 is 11.6 Å². The van der Waals surface area contributed by atoms with Gasteiger partial charge < -0.3 is 10.5 Å². The molecule has 0 aliphatic carbocycles. The van der Waals surface area contributed by atoms with Crippen molar-refractivity contribution < 1.29 is 4.74 Å². The molecule has 2 N–H and O–H groups in total. The van der Waals surface area contributed by atoms with Gasteiger partial charge in [0.1, 0.15) is 12.4 Å². The van der Waals surface area contributed by atoms with Gasteiger partial charge in [0.2, 0.25) is 0 Å². The fourth-order valence-corrected chi connectivity index (χ4v) is 2.12. The molecule has 2 aromatic carbocycles. The number of para-hydroxylation sites is 1. The summed E-state index contributed by atoms with van der Waals surface area (Å²) in [5.74, 6) is 0.875. The Labute approximate surface area is 119 Å². The summed E-state index contributed by atoms with van der Waals surface area (Å²) in [6.07, 6.45) is 0.804. The van der Waals surface area contributed by atoms with E-state index in [-0.39, 0.29) is 6.04 Å². The van der Waals surface area contributed by atoms with Crippen molar-refractivity contribution in [2.75, 3.05) is 0 Å². The van der Waals surface area contributed by atoms with Gasteiger partial charge in [-0.15, -0.1) is 0 Å². The van der Waals surface area contributed by atoms with Gasteiger partial charge in [-0.3, -0.25) is 0 Å². The summed E-state index contributed by atoms with van der Waals surface area (Å²) in [4.78, 5) is 0. The van der Waals surface area contributed by atoms with Crippen molar-refractivity contribution in [1.82, 2.24) is 0 Å². The summed E-state index contributed by atoms with van der Waals surface area (Å²) in [6.45, 7) is 2.46. The smallest absolute Gasteiger partial charge is 0.123 e. The lowest BCUT2D eigenvalue weighted by Gasteiger charge is -2.13. The molecule has 3 heteroatoms. The van der Waals surface area contributed by atoms with E-state index in [2.05, 4.69) is 0 Å². The maximum absolute atomic E-state index is 6.11. The first kappa shape index (κ1) is 13.9. The van der Waals surface area contributed by atoms with Crippen molar-refractivity contribution in [3.05, 3.63) is 64.7 Å². The van der Waals surface area contributed by atoms with Crippen molar-refractivity contribution in [2.24, 2.45) is 5.73 Å². The van der Waals surface area contributed by atoms with E-state index < -0.39 is 0 Å². The molecule has 0 aliphatic rings. The minimum Gasteiger partial charge on any atom is -0.489 e. The molecule has 100 valence electrons. The molecule has 0 bridgehead atoms. The molecular formula is C16H18ClNO. The van der Waals surface area contributed by atoms with E-state index in [1.165, 1.54) is 0 Å². The second kappa shape index (κ2) is 6.60. The van der Waals surface area contributed by atoms with Gasteiger partial charge >= 0.3 is 0 Å². The van der Waals surface area contributed by atoms with Gasteiger partial charge in [0.05, 0.1) is 0 Å². The number of nitrogens with two attached hydrogens (primary N) is 1. The predicted octanol–water partition coefficient (Wildman–Crippen LogP) is 3.81. The zero-order chi connectivity index (χ0) is 13.7. The first-order valence-electron chi connectivity index (χ1n) is 6.36. The molecule has 0 aliphatic heterocycles. The molecule has 2 nitrogen and oxygen atoms in total. The summed E-state index contributed by atoms with van der Waals surface area (Å²) < 4.78 is 5.86. The van der Waals surface area contributed by atoms with Gasteiger partial charge in [-0.25, -0.2) is 0 Å². The van der Waals surface area contributed by atoms with Crippen LogP contribution in [0, 0.1) is 0 Å². The van der Waals surface area contributed by atoms with Crippen LogP contribution in [-0.4, -0.2) is 6.04 Å². The number of hydrogen-bond donors (Lipinski definition) is 1. The van der Waals surface area contributed by atoms with Crippen LogP contribution >= 0.6 is 11.6 Å². The average Bonchev–Trinajstić information content (AvgIpc) is 2.39. The lowest BCUT2D eigenvalue weighted by molar-refractivity contribution is 0.302. The molecule has 0 saturated heterocycles. The molecule has 2 rings (SSSR count). The van der Waals surface area contributed by atoms with E-state index in [0.717, 1.165) is 28.3 Å². The van der Waals surface area contributed by atoms with E-state index in [0.29, 0.717) is 6.61 Å². The molecule has 0 saturated carbocycles. The Balaban J connectivity index is 2.09. The molecule has 0 radical (unpaired) electrons. The van der Waals surface area contributed by atoms with Crippen LogP contribution in [0.1, 0.15) is 18.1 Å². The summed E-state index contributed by atoms with van der Waals surface area (Å²) in [5, 5.41) is 0.729. The van der Waals surface area contributed by atoms with Gasteiger partial charge in [0.15, 0.2) is 0 Å². The Kier molecular flexibility index (Phi) is 4.83. The molecular weight excluding hydrogens is 258 g/mol. The summed E-state index contributed by atoms with van der Waals surface area (Å²) in [7, 11) is 0. The second-order valence-corrected chi connectivity index (χ2v) is 5.08. The minimum absolute atomic E-state index is 0.116. The van der Waals surface area contributed by atoms with Crippen LogP contribution in [0.4, 0.5) is 0 Å². The zero-order valence-electron chi connectivity index (χ0n) is 11.0. The summed E-state index contributed by atoms with van der Waals surface area (Å²) >= 11 is 6.11. The molecule has 19 heavy (non-hydrogen) atoms. The fourth-order valence-electron chi connectivity index (χ4n) is 1.93. The number of benzene rings is 2. The zero-order valence-corrected chi connectivity index (χ0v) is 11.7. The Bertz CT molecular complexity index is 540. The highest BCUT2D eigenvalue weighted by atomic mass is 35.5. The number of rotatable bonds is 5. The highest BCUT2D eigenvalue weighted by molar-refractivity contribution is 6.31. The maximum atomic E-state index is 6.11. The molecule has 0 aromatic heterocycles. The molecule has 0 spiro atoms. The normalized spacial score (nSPS) is 12.2. The van der Waals surface area contributed by atoms with Gasteiger partial charge in [0.25, 0.3) is 0 Å². The van der Waals surface area contributed by atoms with Crippen LogP contribution in [0.3, 0.4) is 0 Å². The highest BCUT2D eigenvalue weighted by Crippen LogP contribution is 2.22. The molecule has 1 unspecified atom stereocenters. The van der Waals surface area contributed by atoms with Crippen LogP contribution in [0.5, 0.6) is 5.75 Å². The van der Waals surface area contributed by atoms with Gasteiger partial charge in [-0.05, 0) is 31.0 Å². The van der Waals surface area contributed by atoms with E-state index in [4.69, 9.17) is 22.1 Å². The Morgan fingerprint density at radius 1 is 1.05 bits per heavy atom. The molecule has 0 amide bonds. The Hall–Kier alpha value is -1.51. The van der Waals surface area contributed by atoms with Crippen molar-refractivity contribution in [3.8, 4) is 5.75 Å². The fraction of sp³-hybridized carbons (Fsp3) is 0.250. The van der Waals surface area contributed by atoms with Crippen molar-refractivity contribution in [3.63, 3.8) is 0 Å². The highest BCUT2D eigenvalue weighted by Gasteiger charge is 2.06. The third-order valence-electron chi connectivity index (χ3n) is 2.86. The first-order chi connectivity index (χ1) is 9.16. The monoisotopic (exact) mass is 275 g/mol. The average molecular weight is 276 g/mol. The summed E-state index contributed by atoms with van der Waals surface area (Å²) in [6, 6.07) is 15.8. The summed E-state index contributed by atoms with van der Waals surface area (Å²) in [5.41, 5.74) is 7.96.